The van der Waals surface area contributed by atoms with Gasteiger partial charge in [0.05, 0.1) is 11.6 Å². The first-order valence-electron chi connectivity index (χ1n) is 3.19. The molecule has 0 amide bonds. The summed E-state index contributed by atoms with van der Waals surface area (Å²) in [5.74, 6) is 0.267. The Bertz CT molecular complexity index is 360. The van der Waals surface area contributed by atoms with Crippen LogP contribution in [0.25, 0.3) is 11.0 Å². The number of aromatic nitrogens is 2. The minimum Gasteiger partial charge on any atom is -0.506 e. The molecule has 3 nitrogen and oxygen atoms in total. The standard InChI is InChI=1S/C7H7N2OP/c10-6-4-9(11)7-5(6)2-1-3-8-7/h1-4,10H,11H2. The summed E-state index contributed by atoms with van der Waals surface area (Å²) in [6, 6.07) is 3.63. The van der Waals surface area contributed by atoms with Gasteiger partial charge < -0.3 is 9.44 Å². The van der Waals surface area contributed by atoms with Gasteiger partial charge in [-0.05, 0) is 21.5 Å². The van der Waals surface area contributed by atoms with Crippen LogP contribution in [-0.2, 0) is 0 Å². The summed E-state index contributed by atoms with van der Waals surface area (Å²) in [5, 5.41) is 10.1. The maximum atomic E-state index is 9.32. The Kier molecular flexibility index (Phi) is 1.33. The Hall–Kier alpha value is -1.08. The molecule has 2 heterocycles. The third kappa shape index (κ3) is 0.889. The van der Waals surface area contributed by atoms with Crippen molar-refractivity contribution in [3.63, 3.8) is 0 Å². The lowest BCUT2D eigenvalue weighted by atomic mass is 10.3. The smallest absolute Gasteiger partial charge is 0.146 e. The average Bonchev–Trinajstić information content (AvgIpc) is 2.30. The monoisotopic (exact) mass is 166 g/mol. The number of hydrogen-bond donors (Lipinski definition) is 1. The van der Waals surface area contributed by atoms with Crippen molar-refractivity contribution < 1.29 is 5.11 Å². The molecule has 0 saturated carbocycles. The van der Waals surface area contributed by atoms with E-state index in [2.05, 4.69) is 14.4 Å². The Labute approximate surface area is 65.9 Å². The molecule has 1 unspecified atom stereocenters. The third-order valence-electron chi connectivity index (χ3n) is 1.57. The molecular weight excluding hydrogens is 159 g/mol. The maximum absolute atomic E-state index is 9.32. The van der Waals surface area contributed by atoms with Gasteiger partial charge in [0.1, 0.15) is 11.4 Å². The van der Waals surface area contributed by atoms with Crippen molar-refractivity contribution in [1.82, 2.24) is 9.32 Å². The Morgan fingerprint density at radius 1 is 1.55 bits per heavy atom. The predicted molar refractivity (Wildman–Crippen MR) is 46.5 cm³/mol. The summed E-state index contributed by atoms with van der Waals surface area (Å²) in [7, 11) is 2.46. The number of nitrogens with zero attached hydrogens (tertiary/aromatic N) is 2. The van der Waals surface area contributed by atoms with Crippen LogP contribution in [0.5, 0.6) is 5.75 Å². The SMILES string of the molecule is Oc1cn(P)c2ncccc12. The highest BCUT2D eigenvalue weighted by molar-refractivity contribution is 7.14. The molecule has 0 bridgehead atoms. The van der Waals surface area contributed by atoms with Crippen LogP contribution in [0.4, 0.5) is 0 Å². The average molecular weight is 166 g/mol. The van der Waals surface area contributed by atoms with Crippen LogP contribution in [0.3, 0.4) is 0 Å². The number of aromatic hydroxyl groups is 1. The zero-order valence-electron chi connectivity index (χ0n) is 5.73. The van der Waals surface area contributed by atoms with Crippen molar-refractivity contribution in [1.29, 1.82) is 0 Å². The molecular formula is C7H7N2OP. The fourth-order valence-electron chi connectivity index (χ4n) is 1.07. The van der Waals surface area contributed by atoms with E-state index in [0.29, 0.717) is 0 Å². The topological polar surface area (TPSA) is 38.0 Å². The van der Waals surface area contributed by atoms with E-state index in [-0.39, 0.29) is 5.75 Å². The Morgan fingerprint density at radius 2 is 2.36 bits per heavy atom. The van der Waals surface area contributed by atoms with E-state index in [4.69, 9.17) is 0 Å². The number of fused-ring (bicyclic) bond motifs is 1. The fourth-order valence-corrected chi connectivity index (χ4v) is 1.41. The first-order valence-corrected chi connectivity index (χ1v) is 3.71. The normalized spacial score (nSPS) is 10.6. The molecule has 0 saturated heterocycles. The lowest BCUT2D eigenvalue weighted by molar-refractivity contribution is 0.481. The van der Waals surface area contributed by atoms with E-state index in [1.54, 1.807) is 22.8 Å². The van der Waals surface area contributed by atoms with Crippen LogP contribution >= 0.6 is 9.39 Å². The Morgan fingerprint density at radius 3 is 3.09 bits per heavy atom. The summed E-state index contributed by atoms with van der Waals surface area (Å²) >= 11 is 0. The molecule has 0 aliphatic carbocycles. The molecule has 0 aromatic carbocycles. The van der Waals surface area contributed by atoms with Crippen LogP contribution in [0, 0.1) is 0 Å². The number of hydrogen-bond acceptors (Lipinski definition) is 2. The van der Waals surface area contributed by atoms with Crippen molar-refractivity contribution in [3.05, 3.63) is 24.5 Å². The van der Waals surface area contributed by atoms with Gasteiger partial charge in [-0.2, -0.15) is 0 Å². The third-order valence-corrected chi connectivity index (χ3v) is 1.96. The molecule has 11 heavy (non-hydrogen) atoms. The predicted octanol–water partition coefficient (Wildman–Crippen LogP) is 1.38. The zero-order chi connectivity index (χ0) is 7.84. The lowest BCUT2D eigenvalue weighted by Gasteiger charge is -1.90. The van der Waals surface area contributed by atoms with Crippen LogP contribution in [0.2, 0.25) is 0 Å². The lowest BCUT2D eigenvalue weighted by Crippen LogP contribution is -1.77. The fraction of sp³-hybridized carbons (Fsp3) is 0. The molecule has 56 valence electrons. The second kappa shape index (κ2) is 2.21. The summed E-state index contributed by atoms with van der Waals surface area (Å²) < 4.78 is 1.71. The molecule has 4 heteroatoms. The Balaban J connectivity index is 2.95. The van der Waals surface area contributed by atoms with E-state index >= 15 is 0 Å². The van der Waals surface area contributed by atoms with E-state index in [1.165, 1.54) is 0 Å². The van der Waals surface area contributed by atoms with Gasteiger partial charge in [0, 0.05) is 6.20 Å². The minimum atomic E-state index is 0.267. The second-order valence-electron chi connectivity index (χ2n) is 2.30. The highest BCUT2D eigenvalue weighted by Crippen LogP contribution is 2.25. The van der Waals surface area contributed by atoms with Crippen molar-refractivity contribution in [2.45, 2.75) is 0 Å². The molecule has 2 rings (SSSR count). The summed E-state index contributed by atoms with van der Waals surface area (Å²) in [6.07, 6.45) is 3.31. The van der Waals surface area contributed by atoms with Crippen molar-refractivity contribution in [2.75, 3.05) is 0 Å². The minimum absolute atomic E-state index is 0.267. The van der Waals surface area contributed by atoms with Crippen molar-refractivity contribution in [2.24, 2.45) is 0 Å². The highest BCUT2D eigenvalue weighted by Gasteiger charge is 2.03. The molecule has 0 aliphatic heterocycles. The molecule has 2 aromatic heterocycles. The number of rotatable bonds is 0. The molecule has 0 aliphatic rings. The molecule has 1 atom stereocenters. The van der Waals surface area contributed by atoms with Gasteiger partial charge in [-0.25, -0.2) is 4.98 Å². The van der Waals surface area contributed by atoms with Crippen LogP contribution < -0.4 is 0 Å². The van der Waals surface area contributed by atoms with Crippen LogP contribution in [0.15, 0.2) is 24.5 Å². The van der Waals surface area contributed by atoms with E-state index in [1.807, 2.05) is 6.07 Å². The van der Waals surface area contributed by atoms with Gasteiger partial charge in [0.25, 0.3) is 0 Å². The van der Waals surface area contributed by atoms with Crippen LogP contribution in [-0.4, -0.2) is 14.4 Å². The first kappa shape index (κ1) is 6.62. The van der Waals surface area contributed by atoms with Gasteiger partial charge in [-0.3, -0.25) is 0 Å². The first-order chi connectivity index (χ1) is 5.29. The maximum Gasteiger partial charge on any atom is 0.146 e. The van der Waals surface area contributed by atoms with E-state index < -0.39 is 0 Å². The van der Waals surface area contributed by atoms with Crippen molar-refractivity contribution in [3.8, 4) is 5.75 Å². The molecule has 0 fully saturated rings. The zero-order valence-corrected chi connectivity index (χ0v) is 6.88. The molecule has 2 aromatic rings. The van der Waals surface area contributed by atoms with Gasteiger partial charge in [-0.15, -0.1) is 0 Å². The van der Waals surface area contributed by atoms with Crippen molar-refractivity contribution >= 4 is 20.4 Å². The van der Waals surface area contributed by atoms with Gasteiger partial charge >= 0.3 is 0 Å². The summed E-state index contributed by atoms with van der Waals surface area (Å²) in [5.41, 5.74) is 0.773. The largest absolute Gasteiger partial charge is 0.506 e. The molecule has 0 spiro atoms. The molecule has 0 radical (unpaired) electrons. The van der Waals surface area contributed by atoms with Crippen LogP contribution in [0.1, 0.15) is 0 Å². The summed E-state index contributed by atoms with van der Waals surface area (Å²) in [4.78, 5) is 4.08. The van der Waals surface area contributed by atoms with E-state index in [0.717, 1.165) is 11.0 Å². The highest BCUT2D eigenvalue weighted by atomic mass is 31.0. The molecule has 1 N–H and O–H groups in total. The van der Waals surface area contributed by atoms with Gasteiger partial charge in [0.15, 0.2) is 0 Å². The summed E-state index contributed by atoms with van der Waals surface area (Å²) in [6.45, 7) is 0. The quantitative estimate of drug-likeness (QED) is 0.600. The van der Waals surface area contributed by atoms with E-state index in [9.17, 15) is 5.11 Å². The number of pyridine rings is 1. The van der Waals surface area contributed by atoms with Gasteiger partial charge in [0.2, 0.25) is 0 Å². The second-order valence-corrected chi connectivity index (χ2v) is 2.85. The van der Waals surface area contributed by atoms with Gasteiger partial charge in [-0.1, -0.05) is 0 Å².